The van der Waals surface area contributed by atoms with E-state index in [1.807, 2.05) is 0 Å². The quantitative estimate of drug-likeness (QED) is 0.871. The number of rotatable bonds is 3. The summed E-state index contributed by atoms with van der Waals surface area (Å²) in [6.45, 7) is 4.07. The van der Waals surface area contributed by atoms with Crippen molar-refractivity contribution in [1.29, 1.82) is 0 Å². The molecule has 2 unspecified atom stereocenters. The molecule has 6 heteroatoms. The molecule has 0 amide bonds. The molecular weight excluding hydrogens is 256 g/mol. The normalized spacial score (nSPS) is 26.2. The van der Waals surface area contributed by atoms with Crippen molar-refractivity contribution in [3.05, 3.63) is 17.5 Å². The highest BCUT2D eigenvalue weighted by atomic mass is 16.4. The van der Waals surface area contributed by atoms with Crippen molar-refractivity contribution in [2.45, 2.75) is 44.7 Å². The van der Waals surface area contributed by atoms with Crippen LogP contribution in [0.5, 0.6) is 0 Å². The lowest BCUT2D eigenvalue weighted by Crippen LogP contribution is -2.43. The van der Waals surface area contributed by atoms with E-state index in [2.05, 4.69) is 20.2 Å². The van der Waals surface area contributed by atoms with Gasteiger partial charge in [-0.3, -0.25) is 0 Å². The molecule has 2 N–H and O–H groups in total. The minimum Gasteiger partial charge on any atom is -0.478 e. The molecule has 0 aromatic carbocycles. The lowest BCUT2D eigenvalue weighted by Gasteiger charge is -2.35. The third-order valence-electron chi connectivity index (χ3n) is 4.36. The number of aromatic carboxylic acids is 1. The highest BCUT2D eigenvalue weighted by Crippen LogP contribution is 2.28. The third kappa shape index (κ3) is 2.60. The first-order valence-corrected chi connectivity index (χ1v) is 7.21. The molecule has 0 radical (unpaired) electrons. The topological polar surface area (TPSA) is 78.4 Å². The minimum atomic E-state index is -0.978. The van der Waals surface area contributed by atoms with Gasteiger partial charge < -0.3 is 15.3 Å². The van der Waals surface area contributed by atoms with Gasteiger partial charge in [-0.2, -0.15) is 0 Å². The number of aryl methyl sites for hydroxylation is 1. The maximum absolute atomic E-state index is 10.9. The molecule has 2 fully saturated rings. The van der Waals surface area contributed by atoms with E-state index in [0.717, 1.165) is 19.4 Å². The number of hydrogen-bond donors (Lipinski definition) is 2. The first-order chi connectivity index (χ1) is 9.63. The Labute approximate surface area is 118 Å². The number of hydrogen-bond acceptors (Lipinski definition) is 5. The number of fused-ring (bicyclic) bond motifs is 1. The fourth-order valence-electron chi connectivity index (χ4n) is 3.28. The Bertz CT molecular complexity index is 520. The molecule has 2 aliphatic rings. The molecule has 108 valence electrons. The summed E-state index contributed by atoms with van der Waals surface area (Å²) in [7, 11) is 0. The fraction of sp³-hybridized carbons (Fsp3) is 0.643. The van der Waals surface area contributed by atoms with Crippen LogP contribution in [-0.4, -0.2) is 51.1 Å². The predicted octanol–water partition coefficient (Wildman–Crippen LogP) is 1.52. The van der Waals surface area contributed by atoms with Gasteiger partial charge in [0, 0.05) is 24.8 Å². The molecule has 2 saturated heterocycles. The van der Waals surface area contributed by atoms with Crippen LogP contribution in [0.15, 0.2) is 6.20 Å². The van der Waals surface area contributed by atoms with Crippen LogP contribution in [0, 0.1) is 6.92 Å². The molecule has 20 heavy (non-hydrogen) atoms. The van der Waals surface area contributed by atoms with Crippen LogP contribution in [0.4, 0.5) is 5.95 Å². The van der Waals surface area contributed by atoms with Crippen molar-refractivity contribution in [3.63, 3.8) is 0 Å². The van der Waals surface area contributed by atoms with Crippen LogP contribution in [0.2, 0.25) is 0 Å². The van der Waals surface area contributed by atoms with Gasteiger partial charge in [-0.05, 0) is 39.2 Å². The standard InChI is InChI=1S/C14H20N4O2/c1-9-12(13(19)20)8-15-14(16-9)17-10-4-6-18-5-2-3-11(18)7-10/h8,10-11H,2-7H2,1H3,(H,19,20)(H,15,16,17). The Morgan fingerprint density at radius 3 is 3.05 bits per heavy atom. The molecule has 3 heterocycles. The molecule has 2 atom stereocenters. The van der Waals surface area contributed by atoms with Gasteiger partial charge in [0.15, 0.2) is 0 Å². The van der Waals surface area contributed by atoms with E-state index in [0.29, 0.717) is 23.7 Å². The Morgan fingerprint density at radius 2 is 2.30 bits per heavy atom. The van der Waals surface area contributed by atoms with E-state index < -0.39 is 5.97 Å². The van der Waals surface area contributed by atoms with Crippen LogP contribution < -0.4 is 5.32 Å². The zero-order valence-electron chi connectivity index (χ0n) is 11.7. The van der Waals surface area contributed by atoms with Gasteiger partial charge in [-0.15, -0.1) is 0 Å². The van der Waals surface area contributed by atoms with Crippen molar-refractivity contribution in [2.24, 2.45) is 0 Å². The van der Waals surface area contributed by atoms with Crippen LogP contribution in [0.1, 0.15) is 41.7 Å². The maximum atomic E-state index is 10.9. The number of nitrogens with one attached hydrogen (secondary N) is 1. The molecule has 0 bridgehead atoms. The van der Waals surface area contributed by atoms with E-state index in [1.54, 1.807) is 6.92 Å². The van der Waals surface area contributed by atoms with Gasteiger partial charge >= 0.3 is 5.97 Å². The Hall–Kier alpha value is -1.69. The van der Waals surface area contributed by atoms with Crippen LogP contribution in [0.25, 0.3) is 0 Å². The second-order valence-corrected chi connectivity index (χ2v) is 5.70. The van der Waals surface area contributed by atoms with Crippen molar-refractivity contribution >= 4 is 11.9 Å². The van der Waals surface area contributed by atoms with E-state index in [9.17, 15) is 4.79 Å². The SMILES string of the molecule is Cc1nc(NC2CCN3CCCC3C2)ncc1C(=O)O. The van der Waals surface area contributed by atoms with Gasteiger partial charge in [-0.25, -0.2) is 14.8 Å². The summed E-state index contributed by atoms with van der Waals surface area (Å²) in [5.74, 6) is -0.433. The largest absolute Gasteiger partial charge is 0.478 e. The Balaban J connectivity index is 1.66. The zero-order valence-corrected chi connectivity index (χ0v) is 11.7. The van der Waals surface area contributed by atoms with Crippen LogP contribution in [-0.2, 0) is 0 Å². The number of anilines is 1. The molecule has 0 spiro atoms. The molecule has 1 aromatic heterocycles. The number of piperidine rings is 1. The lowest BCUT2D eigenvalue weighted by molar-refractivity contribution is 0.0695. The molecule has 3 rings (SSSR count). The Morgan fingerprint density at radius 1 is 1.45 bits per heavy atom. The van der Waals surface area contributed by atoms with Crippen molar-refractivity contribution in [3.8, 4) is 0 Å². The molecular formula is C14H20N4O2. The van der Waals surface area contributed by atoms with E-state index in [-0.39, 0.29) is 5.56 Å². The van der Waals surface area contributed by atoms with Gasteiger partial charge in [0.1, 0.15) is 0 Å². The summed E-state index contributed by atoms with van der Waals surface area (Å²) in [4.78, 5) is 21.9. The molecule has 0 saturated carbocycles. The molecule has 0 aliphatic carbocycles. The van der Waals surface area contributed by atoms with Crippen molar-refractivity contribution in [2.75, 3.05) is 18.4 Å². The fourth-order valence-corrected chi connectivity index (χ4v) is 3.28. The summed E-state index contributed by atoms with van der Waals surface area (Å²) < 4.78 is 0. The summed E-state index contributed by atoms with van der Waals surface area (Å²) >= 11 is 0. The smallest absolute Gasteiger partial charge is 0.339 e. The lowest BCUT2D eigenvalue weighted by atomic mass is 9.98. The third-order valence-corrected chi connectivity index (χ3v) is 4.36. The van der Waals surface area contributed by atoms with Gasteiger partial charge in [0.25, 0.3) is 0 Å². The van der Waals surface area contributed by atoms with Gasteiger partial charge in [-0.1, -0.05) is 0 Å². The van der Waals surface area contributed by atoms with E-state index in [4.69, 9.17) is 5.11 Å². The molecule has 1 aromatic rings. The second kappa shape index (κ2) is 5.36. The highest BCUT2D eigenvalue weighted by molar-refractivity contribution is 5.88. The van der Waals surface area contributed by atoms with Gasteiger partial charge in [0.05, 0.1) is 11.3 Å². The summed E-state index contributed by atoms with van der Waals surface area (Å²) in [5.41, 5.74) is 0.675. The molecule has 2 aliphatic heterocycles. The number of aromatic nitrogens is 2. The summed E-state index contributed by atoms with van der Waals surface area (Å²) in [6, 6.07) is 1.09. The van der Waals surface area contributed by atoms with Crippen molar-refractivity contribution < 1.29 is 9.90 Å². The number of carbonyl (C=O) groups is 1. The first-order valence-electron chi connectivity index (χ1n) is 7.21. The number of carboxylic acid groups (broad SMARTS) is 1. The van der Waals surface area contributed by atoms with Crippen molar-refractivity contribution in [1.82, 2.24) is 14.9 Å². The maximum Gasteiger partial charge on any atom is 0.339 e. The van der Waals surface area contributed by atoms with Gasteiger partial charge in [0.2, 0.25) is 5.95 Å². The first kappa shape index (κ1) is 13.3. The summed E-state index contributed by atoms with van der Waals surface area (Å²) in [6.07, 6.45) is 6.21. The van der Waals surface area contributed by atoms with E-state index in [1.165, 1.54) is 25.6 Å². The number of carboxylic acids is 1. The predicted molar refractivity (Wildman–Crippen MR) is 75.0 cm³/mol. The van der Waals surface area contributed by atoms with E-state index >= 15 is 0 Å². The monoisotopic (exact) mass is 276 g/mol. The molecule has 6 nitrogen and oxygen atoms in total. The zero-order chi connectivity index (χ0) is 14.1. The average Bonchev–Trinajstić information content (AvgIpc) is 2.85. The summed E-state index contributed by atoms with van der Waals surface area (Å²) in [5, 5.41) is 12.3. The van der Waals surface area contributed by atoms with Crippen LogP contribution in [0.3, 0.4) is 0 Å². The van der Waals surface area contributed by atoms with Crippen LogP contribution >= 0.6 is 0 Å². The number of nitrogens with zero attached hydrogens (tertiary/aromatic N) is 3. The second-order valence-electron chi connectivity index (χ2n) is 5.70. The Kier molecular flexibility index (Phi) is 3.56. The highest BCUT2D eigenvalue weighted by Gasteiger charge is 2.31. The average molecular weight is 276 g/mol. The minimum absolute atomic E-state index is 0.168.